The molecule has 0 unspecified atom stereocenters. The number of ether oxygens (including phenoxy) is 2. The van der Waals surface area contributed by atoms with Gasteiger partial charge in [-0.15, -0.1) is 0 Å². The molecule has 0 radical (unpaired) electrons. The summed E-state index contributed by atoms with van der Waals surface area (Å²) < 4.78 is 35.6. The van der Waals surface area contributed by atoms with E-state index in [1.54, 1.807) is 32.9 Å². The third-order valence-electron chi connectivity index (χ3n) is 3.30. The van der Waals surface area contributed by atoms with Crippen LogP contribution in [0.4, 0.5) is 8.78 Å². The van der Waals surface area contributed by atoms with Gasteiger partial charge < -0.3 is 9.47 Å². The molecular formula is C20H21BrF2O4. The molecule has 0 amide bonds. The SMILES string of the molecule is CCOC(=O)c1cc(C)ccc1F.CCOC(=O)c1cc(CBr)ccc1F. The van der Waals surface area contributed by atoms with Crippen molar-refractivity contribution in [3.8, 4) is 0 Å². The molecule has 27 heavy (non-hydrogen) atoms. The number of carbonyl (C=O) groups is 2. The van der Waals surface area contributed by atoms with Gasteiger partial charge in [-0.25, -0.2) is 18.4 Å². The van der Waals surface area contributed by atoms with Crippen molar-refractivity contribution >= 4 is 27.9 Å². The zero-order chi connectivity index (χ0) is 20.4. The topological polar surface area (TPSA) is 52.6 Å². The highest BCUT2D eigenvalue weighted by molar-refractivity contribution is 9.08. The lowest BCUT2D eigenvalue weighted by molar-refractivity contribution is 0.0511. The first-order valence-corrected chi connectivity index (χ1v) is 9.40. The zero-order valence-corrected chi connectivity index (χ0v) is 16.9. The van der Waals surface area contributed by atoms with Gasteiger partial charge in [-0.2, -0.15) is 0 Å². The van der Waals surface area contributed by atoms with Crippen molar-refractivity contribution in [1.82, 2.24) is 0 Å². The normalized spacial score (nSPS) is 9.85. The van der Waals surface area contributed by atoms with E-state index in [0.717, 1.165) is 11.1 Å². The standard InChI is InChI=1S/C10H10BrFO2.C10H11FO2/c1-2-14-10(13)8-5-7(6-11)3-4-9(8)12;1-3-13-10(12)8-6-7(2)4-5-9(8)11/h3-5H,2,6H2,1H3;4-6H,3H2,1-2H3. The lowest BCUT2D eigenvalue weighted by atomic mass is 10.1. The maximum atomic E-state index is 13.2. The van der Waals surface area contributed by atoms with Crippen LogP contribution in [0.3, 0.4) is 0 Å². The first-order chi connectivity index (χ1) is 12.8. The fraction of sp³-hybridized carbons (Fsp3) is 0.300. The Morgan fingerprint density at radius 3 is 1.85 bits per heavy atom. The molecule has 0 saturated heterocycles. The molecule has 0 aliphatic heterocycles. The zero-order valence-electron chi connectivity index (χ0n) is 15.4. The van der Waals surface area contributed by atoms with E-state index >= 15 is 0 Å². The summed E-state index contributed by atoms with van der Waals surface area (Å²) >= 11 is 3.23. The fourth-order valence-electron chi connectivity index (χ4n) is 2.03. The molecule has 0 aliphatic rings. The van der Waals surface area contributed by atoms with Gasteiger partial charge in [-0.05, 0) is 50.6 Å². The van der Waals surface area contributed by atoms with Crippen LogP contribution in [0.1, 0.15) is 45.7 Å². The van der Waals surface area contributed by atoms with Gasteiger partial charge in [0.1, 0.15) is 11.6 Å². The van der Waals surface area contributed by atoms with Crippen LogP contribution in [0.15, 0.2) is 36.4 Å². The Bertz CT molecular complexity index is 794. The van der Waals surface area contributed by atoms with E-state index in [1.807, 2.05) is 0 Å². The highest BCUT2D eigenvalue weighted by Crippen LogP contribution is 2.14. The first kappa shape index (κ1) is 22.8. The summed E-state index contributed by atoms with van der Waals surface area (Å²) in [7, 11) is 0. The minimum Gasteiger partial charge on any atom is -0.462 e. The second-order valence-corrected chi connectivity index (χ2v) is 5.93. The molecule has 0 spiro atoms. The number of aryl methyl sites for hydroxylation is 1. The minimum absolute atomic E-state index is 0.00171. The molecule has 2 rings (SSSR count). The van der Waals surface area contributed by atoms with Crippen LogP contribution >= 0.6 is 15.9 Å². The van der Waals surface area contributed by atoms with Gasteiger partial charge in [0.15, 0.2) is 0 Å². The Morgan fingerprint density at radius 1 is 0.889 bits per heavy atom. The highest BCUT2D eigenvalue weighted by Gasteiger charge is 2.13. The molecule has 0 aromatic heterocycles. The molecule has 0 heterocycles. The molecule has 0 fully saturated rings. The van der Waals surface area contributed by atoms with Crippen molar-refractivity contribution < 1.29 is 27.8 Å². The van der Waals surface area contributed by atoms with Crippen molar-refractivity contribution in [2.75, 3.05) is 13.2 Å². The van der Waals surface area contributed by atoms with Crippen LogP contribution in [0.25, 0.3) is 0 Å². The van der Waals surface area contributed by atoms with Crippen LogP contribution in [-0.2, 0) is 14.8 Å². The number of carbonyl (C=O) groups excluding carboxylic acids is 2. The molecule has 0 saturated carbocycles. The molecule has 146 valence electrons. The summed E-state index contributed by atoms with van der Waals surface area (Å²) in [6, 6.07) is 8.73. The molecule has 4 nitrogen and oxygen atoms in total. The summed E-state index contributed by atoms with van der Waals surface area (Å²) in [6.45, 7) is 5.67. The number of halogens is 3. The smallest absolute Gasteiger partial charge is 0.341 e. The van der Waals surface area contributed by atoms with Gasteiger partial charge in [-0.3, -0.25) is 0 Å². The number of benzene rings is 2. The van der Waals surface area contributed by atoms with Crippen LogP contribution < -0.4 is 0 Å². The second kappa shape index (κ2) is 11.4. The van der Waals surface area contributed by atoms with E-state index in [9.17, 15) is 18.4 Å². The van der Waals surface area contributed by atoms with E-state index in [2.05, 4.69) is 20.7 Å². The molecule has 0 bridgehead atoms. The highest BCUT2D eigenvalue weighted by atomic mass is 79.9. The van der Waals surface area contributed by atoms with Crippen molar-refractivity contribution in [2.45, 2.75) is 26.1 Å². The van der Waals surface area contributed by atoms with Crippen LogP contribution in [0, 0.1) is 18.6 Å². The van der Waals surface area contributed by atoms with Crippen molar-refractivity contribution in [2.24, 2.45) is 0 Å². The average Bonchev–Trinajstić information content (AvgIpc) is 2.65. The Morgan fingerprint density at radius 2 is 1.37 bits per heavy atom. The van der Waals surface area contributed by atoms with E-state index in [0.29, 0.717) is 5.33 Å². The van der Waals surface area contributed by atoms with E-state index < -0.39 is 23.6 Å². The van der Waals surface area contributed by atoms with E-state index in [1.165, 1.54) is 24.3 Å². The van der Waals surface area contributed by atoms with Crippen molar-refractivity contribution in [1.29, 1.82) is 0 Å². The lowest BCUT2D eigenvalue weighted by Gasteiger charge is -2.04. The third-order valence-corrected chi connectivity index (χ3v) is 3.95. The maximum absolute atomic E-state index is 13.2. The molecular weight excluding hydrogens is 422 g/mol. The summed E-state index contributed by atoms with van der Waals surface area (Å²) in [4.78, 5) is 22.4. The molecule has 2 aromatic rings. The monoisotopic (exact) mass is 442 g/mol. The third kappa shape index (κ3) is 7.09. The second-order valence-electron chi connectivity index (χ2n) is 5.37. The van der Waals surface area contributed by atoms with Gasteiger partial charge >= 0.3 is 11.9 Å². The fourth-order valence-corrected chi connectivity index (χ4v) is 2.37. The van der Waals surface area contributed by atoms with E-state index in [4.69, 9.17) is 4.74 Å². The molecule has 2 aromatic carbocycles. The Hall–Kier alpha value is -2.28. The summed E-state index contributed by atoms with van der Waals surface area (Å²) in [5, 5.41) is 0.583. The number of alkyl halides is 1. The Labute approximate surface area is 165 Å². The van der Waals surface area contributed by atoms with Crippen LogP contribution in [-0.4, -0.2) is 25.2 Å². The van der Waals surface area contributed by atoms with Crippen molar-refractivity contribution in [3.63, 3.8) is 0 Å². The quantitative estimate of drug-likeness (QED) is 0.471. The Kier molecular flexibility index (Phi) is 9.64. The Balaban J connectivity index is 0.000000271. The lowest BCUT2D eigenvalue weighted by Crippen LogP contribution is -2.07. The van der Waals surface area contributed by atoms with Crippen molar-refractivity contribution in [3.05, 3.63) is 70.3 Å². The molecule has 7 heteroatoms. The van der Waals surface area contributed by atoms with Gasteiger partial charge in [0.25, 0.3) is 0 Å². The molecule has 0 N–H and O–H groups in total. The maximum Gasteiger partial charge on any atom is 0.341 e. The van der Waals surface area contributed by atoms with E-state index in [-0.39, 0.29) is 24.3 Å². The predicted molar refractivity (Wildman–Crippen MR) is 102 cm³/mol. The molecule has 0 atom stereocenters. The predicted octanol–water partition coefficient (Wildman–Crippen LogP) is 5.21. The summed E-state index contributed by atoms with van der Waals surface area (Å²) in [5.41, 5.74) is 1.67. The molecule has 0 aliphatic carbocycles. The number of hydrogen-bond acceptors (Lipinski definition) is 4. The first-order valence-electron chi connectivity index (χ1n) is 8.28. The average molecular weight is 443 g/mol. The number of esters is 2. The van der Waals surface area contributed by atoms with Gasteiger partial charge in [0, 0.05) is 5.33 Å². The van der Waals surface area contributed by atoms with Gasteiger partial charge in [0.05, 0.1) is 24.3 Å². The number of hydrogen-bond donors (Lipinski definition) is 0. The minimum atomic E-state index is -0.618. The largest absolute Gasteiger partial charge is 0.462 e. The van der Waals surface area contributed by atoms with Gasteiger partial charge in [-0.1, -0.05) is 33.6 Å². The number of rotatable bonds is 5. The summed E-state index contributed by atoms with van der Waals surface area (Å²) in [5.74, 6) is -2.31. The summed E-state index contributed by atoms with van der Waals surface area (Å²) in [6.07, 6.45) is 0. The van der Waals surface area contributed by atoms with Crippen LogP contribution in [0.5, 0.6) is 0 Å². The van der Waals surface area contributed by atoms with Gasteiger partial charge in [0.2, 0.25) is 0 Å². The van der Waals surface area contributed by atoms with Crippen LogP contribution in [0.2, 0.25) is 0 Å².